The van der Waals surface area contributed by atoms with Gasteiger partial charge in [0.2, 0.25) is 0 Å². The van der Waals surface area contributed by atoms with Gasteiger partial charge in [0.15, 0.2) is 0 Å². The summed E-state index contributed by atoms with van der Waals surface area (Å²) in [4.78, 5) is 0. The van der Waals surface area contributed by atoms with E-state index in [9.17, 15) is 0 Å². The normalized spacial score (nSPS) is 1.50. The molecule has 0 aromatic carbocycles. The summed E-state index contributed by atoms with van der Waals surface area (Å²) < 4.78 is 0. The van der Waals surface area contributed by atoms with Crippen molar-refractivity contribution in [3.05, 3.63) is 0 Å². The quantitative estimate of drug-likeness (QED) is 0.428. The monoisotopic (exact) mass is 343 g/mol. The third kappa shape index (κ3) is 8.83. The van der Waals surface area contributed by atoms with Gasteiger partial charge in [-0.2, -0.15) is 0 Å². The van der Waals surface area contributed by atoms with E-state index >= 15 is 0 Å². The van der Waals surface area contributed by atoms with E-state index in [4.69, 9.17) is 0 Å². The molecule has 0 aliphatic rings. The van der Waals surface area contributed by atoms with Gasteiger partial charge < -0.3 is 0 Å². The van der Waals surface area contributed by atoms with Crippen LogP contribution in [-0.4, -0.2) is 54.2 Å². The minimum absolute atomic E-state index is 0. The first-order chi connectivity index (χ1) is 1.00. The zero-order valence-corrected chi connectivity index (χ0v) is 5.89. The molecule has 0 saturated heterocycles. The third-order valence-electron chi connectivity index (χ3n) is 0. The van der Waals surface area contributed by atoms with Crippen LogP contribution in [0, 0.1) is 0 Å². The summed E-state index contributed by atoms with van der Waals surface area (Å²) in [6.45, 7) is 0. The SMILES string of the molecule is [Cu].[InH3].[SeH][SeH]. The van der Waals surface area contributed by atoms with Crippen molar-refractivity contribution in [2.24, 2.45) is 0 Å². The Kier molecular flexibility index (Phi) is 72.7. The Labute approximate surface area is 70.3 Å². The average molecular weight is 341 g/mol. The summed E-state index contributed by atoms with van der Waals surface area (Å²) in [5.74, 6) is 0. The van der Waals surface area contributed by atoms with Crippen molar-refractivity contribution < 1.29 is 17.1 Å². The molecular weight excluding hydrogens is 336 g/mol. The Morgan fingerprint density at radius 3 is 1.00 bits per heavy atom. The molecule has 0 rings (SSSR count). The van der Waals surface area contributed by atoms with E-state index in [1.165, 1.54) is 0 Å². The van der Waals surface area contributed by atoms with Gasteiger partial charge in [-0.05, 0) is 0 Å². The molecule has 0 amide bonds. The molecule has 1 radical (unpaired) electrons. The van der Waals surface area contributed by atoms with Gasteiger partial charge in [-0.15, -0.1) is 0 Å². The van der Waals surface area contributed by atoms with E-state index < -0.39 is 0 Å². The van der Waals surface area contributed by atoms with Crippen LogP contribution in [-0.2, 0) is 17.1 Å². The summed E-state index contributed by atoms with van der Waals surface area (Å²) in [6, 6.07) is 0. The van der Waals surface area contributed by atoms with E-state index in [0.717, 1.165) is 0 Å². The van der Waals surface area contributed by atoms with Crippen molar-refractivity contribution >= 4 is 54.2 Å². The third-order valence-corrected chi connectivity index (χ3v) is 0. The van der Waals surface area contributed by atoms with Crippen molar-refractivity contribution in [2.75, 3.05) is 0 Å². The Morgan fingerprint density at radius 2 is 1.00 bits per heavy atom. The van der Waals surface area contributed by atoms with Crippen molar-refractivity contribution in [1.29, 1.82) is 0 Å². The van der Waals surface area contributed by atoms with Crippen LogP contribution >= 0.6 is 0 Å². The fraction of sp³-hybridized carbons (Fsp3) is 0. The molecule has 0 atom stereocenters. The molecule has 0 aromatic heterocycles. The molecule has 4 heavy (non-hydrogen) atoms. The standard InChI is InChI=1S/Cu.In.H2Se2.3H/c;;1-2;;;/h;;1-2H;;;. The molecule has 4 heteroatoms. The zero-order valence-electron chi connectivity index (χ0n) is 1.20. The molecule has 0 aliphatic carbocycles. The van der Waals surface area contributed by atoms with Crippen LogP contribution < -0.4 is 0 Å². The van der Waals surface area contributed by atoms with Crippen LogP contribution in [0.15, 0.2) is 0 Å². The second-order valence-corrected chi connectivity index (χ2v) is 0. The summed E-state index contributed by atoms with van der Waals surface area (Å²) in [5, 5.41) is 0. The molecule has 0 N–H and O–H groups in total. The topological polar surface area (TPSA) is 0 Å². The second-order valence-electron chi connectivity index (χ2n) is 0. The first-order valence-corrected chi connectivity index (χ1v) is 5.40. The summed E-state index contributed by atoms with van der Waals surface area (Å²) >= 11 is 4.50. The van der Waals surface area contributed by atoms with Crippen LogP contribution in [0.3, 0.4) is 0 Å². The van der Waals surface area contributed by atoms with Crippen molar-refractivity contribution in [3.63, 3.8) is 0 Å². The first kappa shape index (κ1) is 16.1. The van der Waals surface area contributed by atoms with Crippen LogP contribution in [0.5, 0.6) is 0 Å². The van der Waals surface area contributed by atoms with Gasteiger partial charge in [0.25, 0.3) is 0 Å². The fourth-order valence-electron chi connectivity index (χ4n) is 0. The molecule has 0 unspecified atom stereocenters. The van der Waals surface area contributed by atoms with E-state index in [1.54, 1.807) is 0 Å². The Hall–Kier alpha value is 2.43. The van der Waals surface area contributed by atoms with Crippen LogP contribution in [0.4, 0.5) is 0 Å². The molecule has 31 valence electrons. The first-order valence-electron chi connectivity index (χ1n) is 0.200. The van der Waals surface area contributed by atoms with E-state index in [1.807, 2.05) is 0 Å². The van der Waals surface area contributed by atoms with Crippen LogP contribution in [0.2, 0.25) is 0 Å². The fourth-order valence-corrected chi connectivity index (χ4v) is 0. The van der Waals surface area contributed by atoms with Gasteiger partial charge in [-0.1, -0.05) is 0 Å². The molecule has 0 aromatic rings. The van der Waals surface area contributed by atoms with Crippen molar-refractivity contribution in [1.82, 2.24) is 0 Å². The van der Waals surface area contributed by atoms with Gasteiger partial charge in [0, 0.05) is 17.1 Å². The Balaban J connectivity index is -0.00000000500. The van der Waals surface area contributed by atoms with Crippen LogP contribution in [0.1, 0.15) is 0 Å². The van der Waals surface area contributed by atoms with E-state index in [0.29, 0.717) is 0 Å². The van der Waals surface area contributed by atoms with Crippen molar-refractivity contribution in [3.8, 4) is 0 Å². The van der Waals surface area contributed by atoms with Gasteiger partial charge >= 0.3 is 54.2 Å². The minimum atomic E-state index is 0. The molecular formula is H5CuInSe2. The number of hydrogen-bond donors (Lipinski definition) is 0. The number of rotatable bonds is 0. The molecule has 0 nitrogen and oxygen atoms in total. The van der Waals surface area contributed by atoms with E-state index in [2.05, 4.69) is 28.4 Å². The summed E-state index contributed by atoms with van der Waals surface area (Å²) in [6.07, 6.45) is 0. The molecule has 0 saturated carbocycles. The Morgan fingerprint density at radius 1 is 1.00 bits per heavy atom. The summed E-state index contributed by atoms with van der Waals surface area (Å²) in [7, 11) is 0. The predicted molar refractivity (Wildman–Crippen MR) is 24.2 cm³/mol. The summed E-state index contributed by atoms with van der Waals surface area (Å²) in [5.41, 5.74) is 0. The molecule has 0 bridgehead atoms. The average Bonchev–Trinajstić information content (AvgIpc) is 1.00. The van der Waals surface area contributed by atoms with Gasteiger partial charge in [-0.25, -0.2) is 0 Å². The molecule has 0 aliphatic heterocycles. The maximum absolute atomic E-state index is 2.25. The van der Waals surface area contributed by atoms with Crippen LogP contribution in [0.25, 0.3) is 0 Å². The van der Waals surface area contributed by atoms with E-state index in [-0.39, 0.29) is 42.9 Å². The van der Waals surface area contributed by atoms with Crippen molar-refractivity contribution in [2.45, 2.75) is 0 Å². The number of hydrogen-bond acceptors (Lipinski definition) is 0. The van der Waals surface area contributed by atoms with Gasteiger partial charge in [-0.3, -0.25) is 0 Å². The Bertz CT molecular complexity index is 6.00. The molecule has 0 heterocycles. The molecule has 0 fully saturated rings. The molecule has 0 spiro atoms. The van der Waals surface area contributed by atoms with Gasteiger partial charge in [0.1, 0.15) is 0 Å². The predicted octanol–water partition coefficient (Wildman–Crippen LogP) is -2.48. The van der Waals surface area contributed by atoms with Gasteiger partial charge in [0.05, 0.1) is 0 Å². The maximum atomic E-state index is 2.25. The zero-order chi connectivity index (χ0) is 2.00. The second kappa shape index (κ2) is 18.1.